The standard InChI is InChI=1S/C15H21ClN2O3/c1-15(2,3)6-7-17-9-13(19)18-12-8-10(14(20)21)4-5-11(12)16/h4-5,8,17H,6-7,9H2,1-3H3,(H,18,19)(H,20,21). The molecule has 0 saturated carbocycles. The van der Waals surface area contributed by atoms with E-state index in [0.29, 0.717) is 10.7 Å². The highest BCUT2D eigenvalue weighted by Crippen LogP contribution is 2.23. The van der Waals surface area contributed by atoms with E-state index in [1.54, 1.807) is 0 Å². The molecule has 5 nitrogen and oxygen atoms in total. The molecule has 0 aliphatic heterocycles. The first-order valence-corrected chi connectivity index (χ1v) is 7.10. The number of rotatable bonds is 6. The zero-order valence-corrected chi connectivity index (χ0v) is 13.3. The predicted octanol–water partition coefficient (Wildman–Crippen LogP) is 3.00. The molecule has 0 unspecified atom stereocenters. The second-order valence-corrected chi connectivity index (χ2v) is 6.44. The molecule has 6 heteroatoms. The lowest BCUT2D eigenvalue weighted by atomic mass is 9.92. The SMILES string of the molecule is CC(C)(C)CCNCC(=O)Nc1cc(C(=O)O)ccc1Cl. The second-order valence-electron chi connectivity index (χ2n) is 6.04. The number of hydrogen-bond donors (Lipinski definition) is 3. The summed E-state index contributed by atoms with van der Waals surface area (Å²) >= 11 is 5.94. The predicted molar refractivity (Wildman–Crippen MR) is 84.0 cm³/mol. The zero-order chi connectivity index (χ0) is 16.0. The first-order valence-electron chi connectivity index (χ1n) is 6.72. The summed E-state index contributed by atoms with van der Waals surface area (Å²) in [4.78, 5) is 22.7. The average Bonchev–Trinajstić information content (AvgIpc) is 2.36. The van der Waals surface area contributed by atoms with E-state index in [4.69, 9.17) is 16.7 Å². The molecule has 0 aliphatic rings. The molecule has 0 radical (unpaired) electrons. The molecule has 116 valence electrons. The maximum absolute atomic E-state index is 11.8. The molecule has 1 aromatic rings. The number of halogens is 1. The maximum Gasteiger partial charge on any atom is 0.335 e. The van der Waals surface area contributed by atoms with Gasteiger partial charge in [0.05, 0.1) is 22.8 Å². The van der Waals surface area contributed by atoms with E-state index in [1.165, 1.54) is 18.2 Å². The Morgan fingerprint density at radius 1 is 1.29 bits per heavy atom. The topological polar surface area (TPSA) is 78.4 Å². The number of amides is 1. The van der Waals surface area contributed by atoms with Crippen LogP contribution in [0.3, 0.4) is 0 Å². The van der Waals surface area contributed by atoms with Crippen molar-refractivity contribution in [3.8, 4) is 0 Å². The smallest absolute Gasteiger partial charge is 0.335 e. The molecule has 0 bridgehead atoms. The van der Waals surface area contributed by atoms with Crippen molar-refractivity contribution in [2.24, 2.45) is 5.41 Å². The third kappa shape index (κ3) is 6.60. The summed E-state index contributed by atoms with van der Waals surface area (Å²) in [5.41, 5.74) is 0.595. The van der Waals surface area contributed by atoms with Crippen LogP contribution in [0.15, 0.2) is 18.2 Å². The Morgan fingerprint density at radius 2 is 1.95 bits per heavy atom. The average molecular weight is 313 g/mol. The van der Waals surface area contributed by atoms with Crippen LogP contribution < -0.4 is 10.6 Å². The van der Waals surface area contributed by atoms with Crippen molar-refractivity contribution in [3.05, 3.63) is 28.8 Å². The van der Waals surface area contributed by atoms with Gasteiger partial charge in [0.15, 0.2) is 0 Å². The van der Waals surface area contributed by atoms with Gasteiger partial charge in [-0.3, -0.25) is 4.79 Å². The summed E-state index contributed by atoms with van der Waals surface area (Å²) in [6.45, 7) is 7.29. The fourth-order valence-corrected chi connectivity index (χ4v) is 1.78. The summed E-state index contributed by atoms with van der Waals surface area (Å²) in [7, 11) is 0. The van der Waals surface area contributed by atoms with E-state index in [-0.39, 0.29) is 23.4 Å². The van der Waals surface area contributed by atoms with Gasteiger partial charge in [-0.25, -0.2) is 4.79 Å². The van der Waals surface area contributed by atoms with Crippen molar-refractivity contribution in [2.75, 3.05) is 18.4 Å². The number of hydrogen-bond acceptors (Lipinski definition) is 3. The lowest BCUT2D eigenvalue weighted by molar-refractivity contribution is -0.115. The Hall–Kier alpha value is -1.59. The number of anilines is 1. The van der Waals surface area contributed by atoms with Crippen LogP contribution in [0, 0.1) is 5.41 Å². The van der Waals surface area contributed by atoms with E-state index >= 15 is 0 Å². The normalized spacial score (nSPS) is 11.2. The summed E-state index contributed by atoms with van der Waals surface area (Å²) in [6, 6.07) is 4.19. The number of carbonyl (C=O) groups excluding carboxylic acids is 1. The highest BCUT2D eigenvalue weighted by Gasteiger charge is 2.11. The molecule has 0 spiro atoms. The molecular formula is C15H21ClN2O3. The summed E-state index contributed by atoms with van der Waals surface area (Å²) in [6.07, 6.45) is 0.954. The summed E-state index contributed by atoms with van der Waals surface area (Å²) in [5.74, 6) is -1.32. The van der Waals surface area contributed by atoms with E-state index in [1.807, 2.05) is 0 Å². The largest absolute Gasteiger partial charge is 0.478 e. The Balaban J connectivity index is 2.51. The monoisotopic (exact) mass is 312 g/mol. The number of carboxylic acids is 1. The van der Waals surface area contributed by atoms with Crippen LogP contribution in [0.25, 0.3) is 0 Å². The highest BCUT2D eigenvalue weighted by atomic mass is 35.5. The minimum atomic E-state index is -1.06. The first-order chi connectivity index (χ1) is 9.69. The van der Waals surface area contributed by atoms with Gasteiger partial charge in [-0.15, -0.1) is 0 Å². The van der Waals surface area contributed by atoms with Crippen molar-refractivity contribution >= 4 is 29.2 Å². The van der Waals surface area contributed by atoms with Crippen LogP contribution in [0.1, 0.15) is 37.6 Å². The molecule has 1 amide bonds. The lowest BCUT2D eigenvalue weighted by Gasteiger charge is -2.18. The van der Waals surface area contributed by atoms with Crippen molar-refractivity contribution in [3.63, 3.8) is 0 Å². The van der Waals surface area contributed by atoms with Gasteiger partial charge in [-0.1, -0.05) is 32.4 Å². The van der Waals surface area contributed by atoms with Crippen LogP contribution in [-0.4, -0.2) is 30.1 Å². The summed E-state index contributed by atoms with van der Waals surface area (Å²) in [5, 5.41) is 14.9. The van der Waals surface area contributed by atoms with Gasteiger partial charge >= 0.3 is 5.97 Å². The molecule has 1 rings (SSSR count). The molecule has 0 heterocycles. The molecule has 0 atom stereocenters. The molecule has 21 heavy (non-hydrogen) atoms. The molecule has 0 aliphatic carbocycles. The quantitative estimate of drug-likeness (QED) is 0.706. The fourth-order valence-electron chi connectivity index (χ4n) is 1.61. The van der Waals surface area contributed by atoms with E-state index in [2.05, 4.69) is 31.4 Å². The zero-order valence-electron chi connectivity index (χ0n) is 12.5. The van der Waals surface area contributed by atoms with Crippen LogP contribution in [-0.2, 0) is 4.79 Å². The van der Waals surface area contributed by atoms with Crippen molar-refractivity contribution in [2.45, 2.75) is 27.2 Å². The van der Waals surface area contributed by atoms with Gasteiger partial charge in [0, 0.05) is 0 Å². The number of aromatic carboxylic acids is 1. The molecule has 3 N–H and O–H groups in total. The van der Waals surface area contributed by atoms with Crippen LogP contribution in [0.5, 0.6) is 0 Å². The molecule has 1 aromatic carbocycles. The number of benzene rings is 1. The van der Waals surface area contributed by atoms with Crippen molar-refractivity contribution in [1.29, 1.82) is 0 Å². The summed E-state index contributed by atoms with van der Waals surface area (Å²) < 4.78 is 0. The van der Waals surface area contributed by atoms with Crippen LogP contribution in [0.2, 0.25) is 5.02 Å². The van der Waals surface area contributed by atoms with E-state index < -0.39 is 5.97 Å². The Morgan fingerprint density at radius 3 is 2.52 bits per heavy atom. The third-order valence-electron chi connectivity index (χ3n) is 2.82. The molecule has 0 aromatic heterocycles. The van der Waals surface area contributed by atoms with Gasteiger partial charge in [0.1, 0.15) is 0 Å². The first kappa shape index (κ1) is 17.5. The third-order valence-corrected chi connectivity index (χ3v) is 3.15. The van der Waals surface area contributed by atoms with Crippen molar-refractivity contribution in [1.82, 2.24) is 5.32 Å². The molecule has 0 fully saturated rings. The van der Waals surface area contributed by atoms with Gasteiger partial charge < -0.3 is 15.7 Å². The minimum Gasteiger partial charge on any atom is -0.478 e. The van der Waals surface area contributed by atoms with Gasteiger partial charge in [0.2, 0.25) is 5.91 Å². The lowest BCUT2D eigenvalue weighted by Crippen LogP contribution is -2.30. The Kier molecular flexibility index (Phi) is 6.18. The Labute approximate surface area is 129 Å². The second kappa shape index (κ2) is 7.43. The molecule has 0 saturated heterocycles. The number of carbonyl (C=O) groups is 2. The molecular weight excluding hydrogens is 292 g/mol. The van der Waals surface area contributed by atoms with Gasteiger partial charge in [-0.05, 0) is 36.6 Å². The number of nitrogens with one attached hydrogen (secondary N) is 2. The minimum absolute atomic E-state index is 0.0791. The Bertz CT molecular complexity index is 524. The van der Waals surface area contributed by atoms with E-state index in [0.717, 1.165) is 13.0 Å². The fraction of sp³-hybridized carbons (Fsp3) is 0.467. The van der Waals surface area contributed by atoms with Crippen LogP contribution in [0.4, 0.5) is 5.69 Å². The van der Waals surface area contributed by atoms with Crippen molar-refractivity contribution < 1.29 is 14.7 Å². The van der Waals surface area contributed by atoms with Gasteiger partial charge in [0.25, 0.3) is 0 Å². The van der Waals surface area contributed by atoms with E-state index in [9.17, 15) is 9.59 Å². The highest BCUT2D eigenvalue weighted by molar-refractivity contribution is 6.33. The van der Waals surface area contributed by atoms with Crippen LogP contribution >= 0.6 is 11.6 Å². The maximum atomic E-state index is 11.8. The number of carboxylic acid groups (broad SMARTS) is 1. The van der Waals surface area contributed by atoms with Gasteiger partial charge in [-0.2, -0.15) is 0 Å².